The summed E-state index contributed by atoms with van der Waals surface area (Å²) >= 11 is 6.02. The predicted molar refractivity (Wildman–Crippen MR) is 99.3 cm³/mol. The molecule has 0 aliphatic rings. The number of ether oxygens (including phenoxy) is 1. The molecular weight excluding hydrogens is 354 g/mol. The second kappa shape index (κ2) is 8.49. The largest absolute Gasteiger partial charge is 0.484 e. The molecular formula is C19H18ClN3O3. The minimum absolute atomic E-state index is 0.137. The molecule has 1 N–H and O–H groups in total. The molecule has 0 aliphatic heterocycles. The predicted octanol–water partition coefficient (Wildman–Crippen LogP) is 4.36. The Balaban J connectivity index is 1.61. The number of anilines is 1. The maximum atomic E-state index is 12.0. The summed E-state index contributed by atoms with van der Waals surface area (Å²) in [5.74, 6) is 1.35. The Labute approximate surface area is 156 Å². The smallest absolute Gasteiger partial charge is 0.262 e. The number of halogens is 1. The first-order valence-electron chi connectivity index (χ1n) is 8.26. The SMILES string of the molecule is CCCc1nc(-c2cccc(OCC(=O)Nc3ccccc3Cl)c2)no1. The van der Waals surface area contributed by atoms with Crippen molar-refractivity contribution in [1.29, 1.82) is 0 Å². The molecule has 0 saturated carbocycles. The Bertz CT molecular complexity index is 895. The molecule has 0 spiro atoms. The number of aromatic nitrogens is 2. The molecule has 0 saturated heterocycles. The van der Waals surface area contributed by atoms with Crippen LogP contribution in [0.25, 0.3) is 11.4 Å². The van der Waals surface area contributed by atoms with Gasteiger partial charge in [-0.2, -0.15) is 4.98 Å². The number of amides is 1. The number of benzene rings is 2. The lowest BCUT2D eigenvalue weighted by Crippen LogP contribution is -2.20. The monoisotopic (exact) mass is 371 g/mol. The molecule has 1 heterocycles. The number of hydrogen-bond donors (Lipinski definition) is 1. The average molecular weight is 372 g/mol. The van der Waals surface area contributed by atoms with Crippen LogP contribution in [0.1, 0.15) is 19.2 Å². The fourth-order valence-electron chi connectivity index (χ4n) is 2.31. The molecule has 134 valence electrons. The summed E-state index contributed by atoms with van der Waals surface area (Å²) in [4.78, 5) is 16.4. The summed E-state index contributed by atoms with van der Waals surface area (Å²) in [5, 5.41) is 7.15. The summed E-state index contributed by atoms with van der Waals surface area (Å²) in [7, 11) is 0. The Morgan fingerprint density at radius 3 is 2.88 bits per heavy atom. The van der Waals surface area contributed by atoms with E-state index in [-0.39, 0.29) is 12.5 Å². The van der Waals surface area contributed by atoms with Gasteiger partial charge >= 0.3 is 0 Å². The Hall–Kier alpha value is -2.86. The molecule has 7 heteroatoms. The van der Waals surface area contributed by atoms with Crippen molar-refractivity contribution in [3.8, 4) is 17.1 Å². The van der Waals surface area contributed by atoms with E-state index in [1.54, 1.807) is 36.4 Å². The number of nitrogens with one attached hydrogen (secondary N) is 1. The maximum Gasteiger partial charge on any atom is 0.262 e. The third-order valence-electron chi connectivity index (χ3n) is 3.54. The van der Waals surface area contributed by atoms with Crippen molar-refractivity contribution in [1.82, 2.24) is 10.1 Å². The zero-order valence-corrected chi connectivity index (χ0v) is 15.0. The van der Waals surface area contributed by atoms with Crippen LogP contribution in [0.2, 0.25) is 5.02 Å². The van der Waals surface area contributed by atoms with Gasteiger partial charge in [0.2, 0.25) is 11.7 Å². The van der Waals surface area contributed by atoms with Crippen LogP contribution in [0.15, 0.2) is 53.1 Å². The van der Waals surface area contributed by atoms with Crippen LogP contribution in [-0.2, 0) is 11.2 Å². The molecule has 0 atom stereocenters. The Kier molecular flexibility index (Phi) is 5.86. The fraction of sp³-hybridized carbons (Fsp3) is 0.211. The zero-order chi connectivity index (χ0) is 18.4. The lowest BCUT2D eigenvalue weighted by molar-refractivity contribution is -0.118. The van der Waals surface area contributed by atoms with Crippen LogP contribution in [-0.4, -0.2) is 22.7 Å². The molecule has 0 fully saturated rings. The second-order valence-electron chi connectivity index (χ2n) is 5.61. The van der Waals surface area contributed by atoms with Crippen LogP contribution in [0.4, 0.5) is 5.69 Å². The molecule has 1 aromatic heterocycles. The van der Waals surface area contributed by atoms with Crippen molar-refractivity contribution in [2.45, 2.75) is 19.8 Å². The summed E-state index contributed by atoms with van der Waals surface area (Å²) in [6.07, 6.45) is 1.68. The van der Waals surface area contributed by atoms with E-state index in [0.717, 1.165) is 18.4 Å². The van der Waals surface area contributed by atoms with Gasteiger partial charge in [0.05, 0.1) is 10.7 Å². The Morgan fingerprint density at radius 1 is 1.23 bits per heavy atom. The summed E-state index contributed by atoms with van der Waals surface area (Å²) in [6, 6.07) is 14.2. The lowest BCUT2D eigenvalue weighted by atomic mass is 10.2. The topological polar surface area (TPSA) is 77.2 Å². The average Bonchev–Trinajstić information content (AvgIpc) is 3.11. The van der Waals surface area contributed by atoms with Gasteiger partial charge < -0.3 is 14.6 Å². The van der Waals surface area contributed by atoms with Crippen molar-refractivity contribution in [3.05, 3.63) is 59.4 Å². The number of rotatable bonds is 7. The number of carbonyl (C=O) groups is 1. The van der Waals surface area contributed by atoms with E-state index in [1.165, 1.54) is 0 Å². The van der Waals surface area contributed by atoms with Crippen molar-refractivity contribution in [3.63, 3.8) is 0 Å². The van der Waals surface area contributed by atoms with E-state index in [1.807, 2.05) is 19.1 Å². The van der Waals surface area contributed by atoms with Crippen molar-refractivity contribution in [2.75, 3.05) is 11.9 Å². The van der Waals surface area contributed by atoms with Gasteiger partial charge in [-0.15, -0.1) is 0 Å². The number of carbonyl (C=O) groups excluding carboxylic acids is 1. The van der Waals surface area contributed by atoms with E-state index in [4.69, 9.17) is 20.9 Å². The summed E-state index contributed by atoms with van der Waals surface area (Å²) in [5.41, 5.74) is 1.31. The zero-order valence-electron chi connectivity index (χ0n) is 14.2. The van der Waals surface area contributed by atoms with Gasteiger partial charge in [0, 0.05) is 12.0 Å². The number of aryl methyl sites for hydroxylation is 1. The lowest BCUT2D eigenvalue weighted by Gasteiger charge is -2.09. The standard InChI is InChI=1S/C19H18ClN3O3/c1-2-6-18-22-19(23-26-18)13-7-5-8-14(11-13)25-12-17(24)21-16-10-4-3-9-15(16)20/h3-5,7-11H,2,6,12H2,1H3,(H,21,24). The molecule has 0 radical (unpaired) electrons. The molecule has 1 amide bonds. The van der Waals surface area contributed by atoms with Crippen LogP contribution in [0.5, 0.6) is 5.75 Å². The van der Waals surface area contributed by atoms with Crippen molar-refractivity contribution in [2.24, 2.45) is 0 Å². The molecule has 2 aromatic carbocycles. The van der Waals surface area contributed by atoms with E-state index >= 15 is 0 Å². The van der Waals surface area contributed by atoms with Gasteiger partial charge in [-0.3, -0.25) is 4.79 Å². The minimum Gasteiger partial charge on any atom is -0.484 e. The highest BCUT2D eigenvalue weighted by molar-refractivity contribution is 6.33. The first-order valence-corrected chi connectivity index (χ1v) is 8.63. The minimum atomic E-state index is -0.298. The first-order chi connectivity index (χ1) is 12.7. The van der Waals surface area contributed by atoms with Gasteiger partial charge in [0.25, 0.3) is 5.91 Å². The fourth-order valence-corrected chi connectivity index (χ4v) is 2.49. The van der Waals surface area contributed by atoms with Gasteiger partial charge in [0.1, 0.15) is 5.75 Å². The quantitative estimate of drug-likeness (QED) is 0.667. The van der Waals surface area contributed by atoms with E-state index < -0.39 is 0 Å². The van der Waals surface area contributed by atoms with Crippen LogP contribution in [0, 0.1) is 0 Å². The van der Waals surface area contributed by atoms with Gasteiger partial charge in [-0.1, -0.05) is 47.9 Å². The highest BCUT2D eigenvalue weighted by atomic mass is 35.5. The highest BCUT2D eigenvalue weighted by Crippen LogP contribution is 2.23. The van der Waals surface area contributed by atoms with Crippen LogP contribution >= 0.6 is 11.6 Å². The molecule has 0 aliphatic carbocycles. The summed E-state index contributed by atoms with van der Waals surface area (Å²) in [6.45, 7) is 1.91. The maximum absolute atomic E-state index is 12.0. The Morgan fingerprint density at radius 2 is 2.08 bits per heavy atom. The van der Waals surface area contributed by atoms with Crippen LogP contribution < -0.4 is 10.1 Å². The van der Waals surface area contributed by atoms with E-state index in [0.29, 0.717) is 28.2 Å². The first kappa shape index (κ1) is 17.9. The third kappa shape index (κ3) is 4.61. The number of para-hydroxylation sites is 1. The van der Waals surface area contributed by atoms with Crippen LogP contribution in [0.3, 0.4) is 0 Å². The highest BCUT2D eigenvalue weighted by Gasteiger charge is 2.10. The summed E-state index contributed by atoms with van der Waals surface area (Å²) < 4.78 is 10.8. The molecule has 0 bridgehead atoms. The normalized spacial score (nSPS) is 10.5. The van der Waals surface area contributed by atoms with Gasteiger partial charge in [-0.05, 0) is 30.7 Å². The number of hydrogen-bond acceptors (Lipinski definition) is 5. The van der Waals surface area contributed by atoms with Crippen molar-refractivity contribution >= 4 is 23.2 Å². The van der Waals surface area contributed by atoms with E-state index in [9.17, 15) is 4.79 Å². The van der Waals surface area contributed by atoms with Crippen molar-refractivity contribution < 1.29 is 14.1 Å². The molecule has 6 nitrogen and oxygen atoms in total. The molecule has 0 unspecified atom stereocenters. The number of nitrogens with zero attached hydrogens (tertiary/aromatic N) is 2. The third-order valence-corrected chi connectivity index (χ3v) is 3.87. The molecule has 3 aromatic rings. The second-order valence-corrected chi connectivity index (χ2v) is 6.01. The molecule has 3 rings (SSSR count). The van der Waals surface area contributed by atoms with Gasteiger partial charge in [-0.25, -0.2) is 0 Å². The van der Waals surface area contributed by atoms with E-state index in [2.05, 4.69) is 15.5 Å². The van der Waals surface area contributed by atoms with Gasteiger partial charge in [0.15, 0.2) is 6.61 Å². The molecule has 26 heavy (non-hydrogen) atoms.